The molecule has 0 unspecified atom stereocenters. The molecule has 2 rings (SSSR count). The van der Waals surface area contributed by atoms with Crippen molar-refractivity contribution in [1.29, 1.82) is 0 Å². The van der Waals surface area contributed by atoms with Crippen LogP contribution in [0.4, 0.5) is 8.78 Å². The Balaban J connectivity index is 2.06. The van der Waals surface area contributed by atoms with Crippen LogP contribution in [0.1, 0.15) is 19.8 Å². The molecule has 5 nitrogen and oxygen atoms in total. The largest absolute Gasteiger partial charge is 0.478 e. The molecule has 0 radical (unpaired) electrons. The summed E-state index contributed by atoms with van der Waals surface area (Å²) >= 11 is -0.879. The van der Waals surface area contributed by atoms with Gasteiger partial charge in [0.1, 0.15) is 30.5 Å². The number of rotatable bonds is 7. The lowest BCUT2D eigenvalue weighted by Gasteiger charge is -2.09. The highest BCUT2D eigenvalue weighted by Crippen LogP contribution is 2.27. The molecule has 0 atom stereocenters. The van der Waals surface area contributed by atoms with Crippen molar-refractivity contribution in [3.8, 4) is 0 Å². The third kappa shape index (κ3) is 5.45. The predicted octanol–water partition coefficient (Wildman–Crippen LogP) is 4.42. The Morgan fingerprint density at radius 1 is 1.52 bits per heavy atom. The third-order valence-electron chi connectivity index (χ3n) is 3.24. The van der Waals surface area contributed by atoms with E-state index in [4.69, 9.17) is 8.17 Å². The fraction of sp³-hybridized carbons (Fsp3) is 0.235. The number of ether oxygens (including phenoxy) is 1. The SMILES string of the molecule is C=C(/C=C\C(=C/C)OC(F)F)C1=IOC(C2=CCCC(C(=O)O)=C2)=N1. The number of nitrogens with zero attached hydrogens (tertiary/aromatic N) is 1. The molecule has 0 amide bonds. The minimum Gasteiger partial charge on any atom is -0.478 e. The zero-order chi connectivity index (χ0) is 18.4. The van der Waals surface area contributed by atoms with E-state index in [-0.39, 0.29) is 5.76 Å². The van der Waals surface area contributed by atoms with E-state index in [1.54, 1.807) is 13.0 Å². The van der Waals surface area contributed by atoms with Crippen molar-refractivity contribution in [2.75, 3.05) is 0 Å². The molecule has 1 aliphatic heterocycles. The zero-order valence-corrected chi connectivity index (χ0v) is 15.5. The van der Waals surface area contributed by atoms with Gasteiger partial charge in [0.05, 0.1) is 0 Å². The first-order chi connectivity index (χ1) is 11.9. The van der Waals surface area contributed by atoms with Crippen LogP contribution in [-0.2, 0) is 12.6 Å². The molecular formula is C17H16F2INO4. The molecule has 0 aromatic rings. The van der Waals surface area contributed by atoms with E-state index >= 15 is 0 Å². The number of carboxylic acid groups (broad SMARTS) is 1. The predicted molar refractivity (Wildman–Crippen MR) is 99.7 cm³/mol. The quantitative estimate of drug-likeness (QED) is 0.345. The first-order valence-electron chi connectivity index (χ1n) is 7.31. The summed E-state index contributed by atoms with van der Waals surface area (Å²) in [5, 5.41) is 9.08. The van der Waals surface area contributed by atoms with Crippen LogP contribution in [0.15, 0.2) is 64.4 Å². The van der Waals surface area contributed by atoms with Crippen molar-refractivity contribution in [3.05, 3.63) is 59.4 Å². The smallest absolute Gasteiger partial charge is 0.387 e. The number of hydrogen-bond acceptors (Lipinski definition) is 4. The van der Waals surface area contributed by atoms with Crippen LogP contribution >= 0.6 is 21.1 Å². The van der Waals surface area contributed by atoms with Gasteiger partial charge in [-0.15, -0.1) is 0 Å². The highest BCUT2D eigenvalue weighted by atomic mass is 127. The molecule has 134 valence electrons. The monoisotopic (exact) mass is 463 g/mol. The second-order valence-electron chi connectivity index (χ2n) is 4.96. The molecule has 25 heavy (non-hydrogen) atoms. The lowest BCUT2D eigenvalue weighted by Crippen LogP contribution is -2.09. The Kier molecular flexibility index (Phi) is 6.80. The lowest BCUT2D eigenvalue weighted by molar-refractivity contribution is -0.132. The van der Waals surface area contributed by atoms with Crippen LogP contribution in [-0.4, -0.2) is 27.2 Å². The Morgan fingerprint density at radius 3 is 2.92 bits per heavy atom. The minimum atomic E-state index is -2.89. The van der Waals surface area contributed by atoms with Gasteiger partial charge in [-0.05, 0) is 44.1 Å². The minimum absolute atomic E-state index is 0.0297. The second kappa shape index (κ2) is 8.84. The van der Waals surface area contributed by atoms with Crippen molar-refractivity contribution in [2.24, 2.45) is 4.99 Å². The van der Waals surface area contributed by atoms with Gasteiger partial charge < -0.3 is 12.9 Å². The van der Waals surface area contributed by atoms with Gasteiger partial charge in [0, 0.05) is 16.7 Å². The molecule has 1 aliphatic carbocycles. The van der Waals surface area contributed by atoms with Crippen molar-refractivity contribution in [3.63, 3.8) is 0 Å². The van der Waals surface area contributed by atoms with Crippen LogP contribution in [0.3, 0.4) is 0 Å². The van der Waals surface area contributed by atoms with Gasteiger partial charge >= 0.3 is 12.6 Å². The standard InChI is InChI=1S/C17H16F2INO4/c1-3-13(24-17(18)19)8-7-10(2)14-20-25-15(21-14)11-5-4-6-12(9-11)16(22)23/h3,5,7-9,17H,2,4,6H2,1H3,(H,22,23)/b8-7-,13-3+. The van der Waals surface area contributed by atoms with E-state index in [1.807, 2.05) is 6.08 Å². The van der Waals surface area contributed by atoms with Gasteiger partial charge in [-0.2, -0.15) is 8.78 Å². The second-order valence-corrected chi connectivity index (χ2v) is 6.87. The summed E-state index contributed by atoms with van der Waals surface area (Å²) in [7, 11) is 0. The molecule has 0 aromatic carbocycles. The summed E-state index contributed by atoms with van der Waals surface area (Å²) in [5.74, 6) is -0.540. The third-order valence-corrected chi connectivity index (χ3v) is 5.23. The summed E-state index contributed by atoms with van der Waals surface area (Å²) in [6, 6.07) is 0. The first kappa shape index (κ1) is 19.2. The molecule has 0 aromatic heterocycles. The Morgan fingerprint density at radius 2 is 2.28 bits per heavy atom. The Bertz CT molecular complexity index is 761. The van der Waals surface area contributed by atoms with Gasteiger partial charge in [-0.25, -0.2) is 9.79 Å². The van der Waals surface area contributed by atoms with Gasteiger partial charge in [0.25, 0.3) is 0 Å². The van der Waals surface area contributed by atoms with Crippen LogP contribution in [0, 0.1) is 0 Å². The summed E-state index contributed by atoms with van der Waals surface area (Å²) in [6.07, 6.45) is 8.87. The number of hydrogen-bond donors (Lipinski definition) is 1. The maximum absolute atomic E-state index is 12.2. The number of carbonyl (C=O) groups is 1. The maximum Gasteiger partial charge on any atom is 0.387 e. The van der Waals surface area contributed by atoms with Crippen LogP contribution < -0.4 is 0 Å². The van der Waals surface area contributed by atoms with Gasteiger partial charge in [0.15, 0.2) is 0 Å². The fourth-order valence-corrected chi connectivity index (χ4v) is 3.55. The number of aliphatic imine (C=N–C) groups is 1. The van der Waals surface area contributed by atoms with Crippen LogP contribution in [0.2, 0.25) is 0 Å². The molecule has 1 heterocycles. The van der Waals surface area contributed by atoms with Crippen molar-refractivity contribution >= 4 is 36.6 Å². The topological polar surface area (TPSA) is 68.1 Å². The van der Waals surface area contributed by atoms with Gasteiger partial charge in [0.2, 0.25) is 5.90 Å². The number of aliphatic carboxylic acids is 1. The molecular weight excluding hydrogens is 447 g/mol. The molecule has 0 spiro atoms. The van der Waals surface area contributed by atoms with Gasteiger partial charge in [-0.3, -0.25) is 0 Å². The van der Waals surface area contributed by atoms with E-state index < -0.39 is 33.7 Å². The van der Waals surface area contributed by atoms with Crippen molar-refractivity contribution in [1.82, 2.24) is 0 Å². The molecule has 0 saturated heterocycles. The number of alkyl halides is 2. The van der Waals surface area contributed by atoms with E-state index in [9.17, 15) is 13.6 Å². The first-order valence-corrected chi connectivity index (χ1v) is 9.27. The summed E-state index contributed by atoms with van der Waals surface area (Å²) in [4.78, 5) is 15.4. The van der Waals surface area contributed by atoms with E-state index in [0.29, 0.717) is 39.1 Å². The zero-order valence-electron chi connectivity index (χ0n) is 13.3. The molecule has 2 aliphatic rings. The van der Waals surface area contributed by atoms with Crippen molar-refractivity contribution in [2.45, 2.75) is 26.4 Å². The van der Waals surface area contributed by atoms with Crippen molar-refractivity contribution < 1.29 is 26.5 Å². The molecule has 0 saturated carbocycles. The molecule has 8 heteroatoms. The van der Waals surface area contributed by atoms with E-state index in [0.717, 1.165) is 0 Å². The lowest BCUT2D eigenvalue weighted by atomic mass is 9.99. The van der Waals surface area contributed by atoms with Crippen LogP contribution in [0.25, 0.3) is 0 Å². The van der Waals surface area contributed by atoms with Crippen LogP contribution in [0.5, 0.6) is 0 Å². The number of carboxylic acids is 1. The van der Waals surface area contributed by atoms with Gasteiger partial charge in [-0.1, -0.05) is 12.7 Å². The highest BCUT2D eigenvalue weighted by Gasteiger charge is 2.20. The summed E-state index contributed by atoms with van der Waals surface area (Å²) < 4.78 is 35.0. The Labute approximate surface area is 154 Å². The average Bonchev–Trinajstić information content (AvgIpc) is 3.08. The Hall–Kier alpha value is -2.10. The van der Waals surface area contributed by atoms with E-state index in [2.05, 4.69) is 16.3 Å². The summed E-state index contributed by atoms with van der Waals surface area (Å²) in [5.41, 5.74) is 1.50. The summed E-state index contributed by atoms with van der Waals surface area (Å²) in [6.45, 7) is 2.56. The average molecular weight is 463 g/mol. The maximum atomic E-state index is 12.2. The highest BCUT2D eigenvalue weighted by molar-refractivity contribution is 14.2. The molecule has 0 fully saturated rings. The number of allylic oxidation sites excluding steroid dienone is 3. The van der Waals surface area contributed by atoms with E-state index in [1.165, 1.54) is 18.2 Å². The number of halogens is 3. The molecule has 0 bridgehead atoms. The molecule has 1 N–H and O–H groups in total. The fourth-order valence-electron chi connectivity index (χ4n) is 2.00. The normalized spacial score (nSPS) is 18.0.